The zero-order valence-corrected chi connectivity index (χ0v) is 8.58. The van der Waals surface area contributed by atoms with Gasteiger partial charge in [-0.15, -0.1) is 0 Å². The Morgan fingerprint density at radius 3 is 3.00 bits per heavy atom. The quantitative estimate of drug-likeness (QED) is 0.715. The number of hydrogen-bond acceptors (Lipinski definition) is 2. The predicted octanol–water partition coefficient (Wildman–Crippen LogP) is 2.22. The highest BCUT2D eigenvalue weighted by molar-refractivity contribution is 9.10. The van der Waals surface area contributed by atoms with Crippen molar-refractivity contribution in [1.29, 1.82) is 0 Å². The van der Waals surface area contributed by atoms with Crippen molar-refractivity contribution in [3.05, 3.63) is 34.2 Å². The van der Waals surface area contributed by atoms with Crippen LogP contribution in [0.25, 0.3) is 5.65 Å². The lowest BCUT2D eigenvalue weighted by molar-refractivity contribution is 0.111. The van der Waals surface area contributed by atoms with Gasteiger partial charge in [0, 0.05) is 16.9 Å². The van der Waals surface area contributed by atoms with Gasteiger partial charge >= 0.3 is 0 Å². The summed E-state index contributed by atoms with van der Waals surface area (Å²) in [6.07, 6.45) is 4.34. The number of fused-ring (bicyclic) bond motifs is 1. The maximum atomic E-state index is 10.5. The van der Waals surface area contributed by atoms with Crippen molar-refractivity contribution >= 4 is 27.9 Å². The van der Waals surface area contributed by atoms with E-state index in [1.807, 2.05) is 23.6 Å². The molecular weight excluding hydrogens is 232 g/mol. The summed E-state index contributed by atoms with van der Waals surface area (Å²) >= 11 is 3.38. The van der Waals surface area contributed by atoms with Crippen LogP contribution >= 0.6 is 15.9 Å². The minimum absolute atomic E-state index is 0.459. The maximum Gasteiger partial charge on any atom is 0.170 e. The minimum Gasteiger partial charge on any atom is -0.305 e. The van der Waals surface area contributed by atoms with Crippen LogP contribution in [0, 0.1) is 6.92 Å². The van der Waals surface area contributed by atoms with Gasteiger partial charge in [0.2, 0.25) is 0 Å². The van der Waals surface area contributed by atoms with Gasteiger partial charge in [-0.3, -0.25) is 4.79 Å². The van der Waals surface area contributed by atoms with Crippen LogP contribution in [0.3, 0.4) is 0 Å². The zero-order chi connectivity index (χ0) is 9.42. The second kappa shape index (κ2) is 2.96. The zero-order valence-electron chi connectivity index (χ0n) is 6.99. The van der Waals surface area contributed by atoms with Crippen molar-refractivity contribution in [1.82, 2.24) is 9.38 Å². The third-order valence-corrected chi connectivity index (χ3v) is 2.27. The molecule has 0 aliphatic heterocycles. The van der Waals surface area contributed by atoms with Gasteiger partial charge in [0.05, 0.1) is 0 Å². The Labute approximate surface area is 83.5 Å². The summed E-state index contributed by atoms with van der Waals surface area (Å²) in [6.45, 7) is 1.96. The Balaban J connectivity index is 2.82. The molecular formula is C9H7BrN2O. The first-order valence-electron chi connectivity index (χ1n) is 3.81. The average Bonchev–Trinajstić information content (AvgIpc) is 2.47. The minimum atomic E-state index is 0.459. The SMILES string of the molecule is Cc1cc(Br)cn2cc(C=O)nc12. The number of pyridine rings is 1. The molecule has 0 bridgehead atoms. The topological polar surface area (TPSA) is 34.4 Å². The van der Waals surface area contributed by atoms with Gasteiger partial charge in [-0.05, 0) is 34.5 Å². The Bertz CT molecular complexity index is 476. The van der Waals surface area contributed by atoms with Crippen molar-refractivity contribution in [3.63, 3.8) is 0 Å². The van der Waals surface area contributed by atoms with Crippen LogP contribution in [-0.2, 0) is 0 Å². The molecule has 4 heteroatoms. The molecule has 3 nitrogen and oxygen atoms in total. The molecule has 0 aliphatic rings. The second-order valence-electron chi connectivity index (χ2n) is 2.86. The van der Waals surface area contributed by atoms with E-state index in [2.05, 4.69) is 20.9 Å². The molecule has 0 saturated heterocycles. The molecule has 0 saturated carbocycles. The van der Waals surface area contributed by atoms with Crippen LogP contribution in [0.4, 0.5) is 0 Å². The monoisotopic (exact) mass is 238 g/mol. The molecule has 2 heterocycles. The molecule has 0 radical (unpaired) electrons. The fourth-order valence-corrected chi connectivity index (χ4v) is 1.87. The standard InChI is InChI=1S/C9H7BrN2O/c1-6-2-7(10)3-12-4-8(5-13)11-9(6)12/h2-5H,1H3. The number of rotatable bonds is 1. The highest BCUT2D eigenvalue weighted by Crippen LogP contribution is 2.16. The Kier molecular flexibility index (Phi) is 1.92. The molecule has 0 fully saturated rings. The van der Waals surface area contributed by atoms with Crippen LogP contribution in [0.15, 0.2) is 22.9 Å². The summed E-state index contributed by atoms with van der Waals surface area (Å²) in [4.78, 5) is 14.6. The number of hydrogen-bond donors (Lipinski definition) is 0. The highest BCUT2D eigenvalue weighted by atomic mass is 79.9. The average molecular weight is 239 g/mol. The van der Waals surface area contributed by atoms with Crippen LogP contribution in [0.2, 0.25) is 0 Å². The third-order valence-electron chi connectivity index (χ3n) is 1.84. The van der Waals surface area contributed by atoms with Gasteiger partial charge in [0.25, 0.3) is 0 Å². The summed E-state index contributed by atoms with van der Waals surface area (Å²) in [7, 11) is 0. The third kappa shape index (κ3) is 1.37. The fourth-order valence-electron chi connectivity index (χ4n) is 1.30. The molecule has 13 heavy (non-hydrogen) atoms. The van der Waals surface area contributed by atoms with Gasteiger partial charge in [0.15, 0.2) is 6.29 Å². The first-order chi connectivity index (χ1) is 6.20. The molecule has 2 aromatic heterocycles. The van der Waals surface area contributed by atoms with Gasteiger partial charge in [-0.2, -0.15) is 0 Å². The number of nitrogens with zero attached hydrogens (tertiary/aromatic N) is 2. The summed E-state index contributed by atoms with van der Waals surface area (Å²) in [5.41, 5.74) is 2.33. The number of halogens is 1. The molecule has 2 aromatic rings. The second-order valence-corrected chi connectivity index (χ2v) is 3.77. The van der Waals surface area contributed by atoms with E-state index in [1.54, 1.807) is 6.20 Å². The van der Waals surface area contributed by atoms with Gasteiger partial charge in [-0.25, -0.2) is 4.98 Å². The molecule has 0 atom stereocenters. The molecule has 0 N–H and O–H groups in total. The predicted molar refractivity (Wildman–Crippen MR) is 53.0 cm³/mol. The van der Waals surface area contributed by atoms with Crippen molar-refractivity contribution in [2.45, 2.75) is 6.92 Å². The number of imidazole rings is 1. The van der Waals surface area contributed by atoms with Gasteiger partial charge < -0.3 is 4.40 Å². The summed E-state index contributed by atoms with van der Waals surface area (Å²) in [6, 6.07) is 1.97. The first kappa shape index (κ1) is 8.44. The largest absolute Gasteiger partial charge is 0.305 e. The fraction of sp³-hybridized carbons (Fsp3) is 0.111. The van der Waals surface area contributed by atoms with E-state index in [-0.39, 0.29) is 0 Å². The molecule has 66 valence electrons. The van der Waals surface area contributed by atoms with E-state index >= 15 is 0 Å². The van der Waals surface area contributed by atoms with E-state index < -0.39 is 0 Å². The molecule has 0 aliphatic carbocycles. The molecule has 0 unspecified atom stereocenters. The smallest absolute Gasteiger partial charge is 0.170 e. The van der Waals surface area contributed by atoms with Crippen molar-refractivity contribution in [2.24, 2.45) is 0 Å². The molecule has 0 aromatic carbocycles. The van der Waals surface area contributed by atoms with E-state index in [1.165, 1.54) is 0 Å². The van der Waals surface area contributed by atoms with Crippen LogP contribution in [0.1, 0.15) is 16.1 Å². The molecule has 0 amide bonds. The highest BCUT2D eigenvalue weighted by Gasteiger charge is 2.03. The molecule has 0 spiro atoms. The van der Waals surface area contributed by atoms with Crippen LogP contribution in [-0.4, -0.2) is 15.7 Å². The normalized spacial score (nSPS) is 10.6. The lowest BCUT2D eigenvalue weighted by Crippen LogP contribution is -1.86. The Morgan fingerprint density at radius 2 is 2.31 bits per heavy atom. The van der Waals surface area contributed by atoms with E-state index in [9.17, 15) is 4.79 Å². The van der Waals surface area contributed by atoms with Gasteiger partial charge in [-0.1, -0.05) is 0 Å². The van der Waals surface area contributed by atoms with Crippen LogP contribution < -0.4 is 0 Å². The number of carbonyl (C=O) groups is 1. The number of aryl methyl sites for hydroxylation is 1. The number of aromatic nitrogens is 2. The van der Waals surface area contributed by atoms with E-state index in [0.29, 0.717) is 5.69 Å². The van der Waals surface area contributed by atoms with Crippen molar-refractivity contribution < 1.29 is 4.79 Å². The first-order valence-corrected chi connectivity index (χ1v) is 4.60. The van der Waals surface area contributed by atoms with Crippen LogP contribution in [0.5, 0.6) is 0 Å². The Morgan fingerprint density at radius 1 is 1.54 bits per heavy atom. The van der Waals surface area contributed by atoms with Crippen molar-refractivity contribution in [2.75, 3.05) is 0 Å². The van der Waals surface area contributed by atoms with E-state index in [0.717, 1.165) is 22.0 Å². The maximum absolute atomic E-state index is 10.5. The lowest BCUT2D eigenvalue weighted by Gasteiger charge is -1.97. The number of aldehydes is 1. The lowest BCUT2D eigenvalue weighted by atomic mass is 10.3. The summed E-state index contributed by atoms with van der Waals surface area (Å²) in [5, 5.41) is 0. The molecule has 2 rings (SSSR count). The van der Waals surface area contributed by atoms with Crippen molar-refractivity contribution in [3.8, 4) is 0 Å². The Hall–Kier alpha value is -1.16. The summed E-state index contributed by atoms with van der Waals surface area (Å²) < 4.78 is 2.82. The number of carbonyl (C=O) groups excluding carboxylic acids is 1. The van der Waals surface area contributed by atoms with Gasteiger partial charge in [0.1, 0.15) is 11.3 Å². The summed E-state index contributed by atoms with van der Waals surface area (Å²) in [5.74, 6) is 0. The van der Waals surface area contributed by atoms with E-state index in [4.69, 9.17) is 0 Å².